The largest absolute Gasteiger partial charge is 0.463 e. The number of hydrogen-bond acceptors (Lipinski definition) is 12. The lowest BCUT2D eigenvalue weighted by atomic mass is 9.99. The number of aromatic nitrogens is 3. The molecule has 36 heavy (non-hydrogen) atoms. The summed E-state index contributed by atoms with van der Waals surface area (Å²) in [7, 11) is 0. The molecule has 2 heterocycles. The van der Waals surface area contributed by atoms with Gasteiger partial charge in [0.2, 0.25) is 0 Å². The van der Waals surface area contributed by atoms with E-state index < -0.39 is 53.7 Å². The van der Waals surface area contributed by atoms with Gasteiger partial charge in [-0.3, -0.25) is 19.2 Å². The maximum atomic E-state index is 11.9. The summed E-state index contributed by atoms with van der Waals surface area (Å²) in [6, 6.07) is 9.41. The zero-order valence-corrected chi connectivity index (χ0v) is 21.0. The molecule has 3 rings (SSSR count). The van der Waals surface area contributed by atoms with E-state index in [1.165, 1.54) is 39.5 Å². The predicted octanol–water partition coefficient (Wildman–Crippen LogP) is 1.58. The van der Waals surface area contributed by atoms with Crippen molar-refractivity contribution in [1.82, 2.24) is 15.0 Å². The SMILES string of the molecule is CC(=O)OC[C@H]1O[C@@H](SCc2cn(-c3ccccc3)nn2)[C@H](OC(C)=O)[C@@H](OC(C)=O)[C@@H]1OC(C)=O. The van der Waals surface area contributed by atoms with Gasteiger partial charge in [-0.15, -0.1) is 16.9 Å². The summed E-state index contributed by atoms with van der Waals surface area (Å²) in [4.78, 5) is 47.1. The molecule has 0 unspecified atom stereocenters. The maximum absolute atomic E-state index is 11.9. The van der Waals surface area contributed by atoms with Crippen LogP contribution in [0.5, 0.6) is 0 Å². The highest BCUT2D eigenvalue weighted by atomic mass is 32.2. The Bertz CT molecular complexity index is 1080. The molecule has 1 aliphatic rings. The van der Waals surface area contributed by atoms with E-state index in [0.29, 0.717) is 11.4 Å². The van der Waals surface area contributed by atoms with E-state index >= 15 is 0 Å². The van der Waals surface area contributed by atoms with E-state index in [4.69, 9.17) is 23.7 Å². The van der Waals surface area contributed by atoms with E-state index in [9.17, 15) is 19.2 Å². The van der Waals surface area contributed by atoms with Crippen LogP contribution in [-0.4, -0.2) is 75.3 Å². The minimum Gasteiger partial charge on any atom is -0.463 e. The topological polar surface area (TPSA) is 145 Å². The van der Waals surface area contributed by atoms with Crippen molar-refractivity contribution in [2.75, 3.05) is 6.61 Å². The number of para-hydroxylation sites is 1. The molecule has 13 heteroatoms. The van der Waals surface area contributed by atoms with E-state index in [2.05, 4.69) is 10.3 Å². The maximum Gasteiger partial charge on any atom is 0.303 e. The number of ether oxygens (including phenoxy) is 5. The number of nitrogens with zero attached hydrogens (tertiary/aromatic N) is 3. The molecule has 1 aromatic heterocycles. The molecule has 194 valence electrons. The first kappa shape index (κ1) is 27.1. The Morgan fingerprint density at radius 2 is 1.50 bits per heavy atom. The highest BCUT2D eigenvalue weighted by Crippen LogP contribution is 2.35. The van der Waals surface area contributed by atoms with Gasteiger partial charge in [0.15, 0.2) is 18.3 Å². The molecule has 1 fully saturated rings. The second-order valence-electron chi connectivity index (χ2n) is 7.87. The first-order valence-electron chi connectivity index (χ1n) is 11.0. The molecule has 0 radical (unpaired) electrons. The number of benzene rings is 1. The average molecular weight is 522 g/mol. The first-order chi connectivity index (χ1) is 17.1. The molecule has 0 aliphatic carbocycles. The molecule has 0 N–H and O–H groups in total. The summed E-state index contributed by atoms with van der Waals surface area (Å²) in [5.41, 5.74) is 0.553. The van der Waals surface area contributed by atoms with Crippen molar-refractivity contribution in [2.45, 2.75) is 63.3 Å². The van der Waals surface area contributed by atoms with Crippen LogP contribution in [0, 0.1) is 0 Å². The Labute approximate surface area is 211 Å². The molecule has 2 aromatic rings. The monoisotopic (exact) mass is 521 g/mol. The third kappa shape index (κ3) is 7.52. The van der Waals surface area contributed by atoms with E-state index in [-0.39, 0.29) is 6.61 Å². The summed E-state index contributed by atoms with van der Waals surface area (Å²) >= 11 is 1.21. The zero-order chi connectivity index (χ0) is 26.2. The minimum atomic E-state index is -1.21. The number of carbonyl (C=O) groups is 4. The first-order valence-corrected chi connectivity index (χ1v) is 12.1. The molecule has 1 aromatic carbocycles. The number of hydrogen-bond donors (Lipinski definition) is 0. The fourth-order valence-corrected chi connectivity index (χ4v) is 4.65. The Hall–Kier alpha value is -3.45. The summed E-state index contributed by atoms with van der Waals surface area (Å²) in [5, 5.41) is 8.29. The minimum absolute atomic E-state index is 0.279. The van der Waals surface area contributed by atoms with Crippen molar-refractivity contribution in [3.8, 4) is 5.69 Å². The number of rotatable bonds is 9. The standard InChI is InChI=1S/C23H27N3O9S/c1-13(27)31-11-19-20(32-14(2)28)21(33-15(3)29)22(34-16(4)30)23(35-19)36-12-17-10-26(25-24-17)18-8-6-5-7-9-18/h5-10,19-23H,11-12H2,1-4H3/t19-,20-,21+,22-,23+/m1/s1. The average Bonchev–Trinajstić information content (AvgIpc) is 3.28. The number of thioether (sulfide) groups is 1. The molecule has 0 spiro atoms. The van der Waals surface area contributed by atoms with Gasteiger partial charge >= 0.3 is 23.9 Å². The van der Waals surface area contributed by atoms with Gasteiger partial charge < -0.3 is 23.7 Å². The van der Waals surface area contributed by atoms with E-state index in [0.717, 1.165) is 5.69 Å². The van der Waals surface area contributed by atoms with Crippen LogP contribution in [0.1, 0.15) is 33.4 Å². The Morgan fingerprint density at radius 3 is 2.11 bits per heavy atom. The highest BCUT2D eigenvalue weighted by Gasteiger charge is 2.52. The van der Waals surface area contributed by atoms with Crippen molar-refractivity contribution in [1.29, 1.82) is 0 Å². The number of esters is 4. The van der Waals surface area contributed by atoms with E-state index in [1.54, 1.807) is 10.9 Å². The van der Waals surface area contributed by atoms with Crippen LogP contribution in [0.4, 0.5) is 0 Å². The summed E-state index contributed by atoms with van der Waals surface area (Å²) in [6.07, 6.45) is -2.77. The van der Waals surface area contributed by atoms with Gasteiger partial charge in [-0.1, -0.05) is 23.4 Å². The van der Waals surface area contributed by atoms with Crippen LogP contribution in [0.25, 0.3) is 5.69 Å². The van der Waals surface area contributed by atoms with Crippen molar-refractivity contribution in [3.63, 3.8) is 0 Å². The second kappa shape index (κ2) is 12.5. The molecule has 5 atom stereocenters. The van der Waals surface area contributed by atoms with Gasteiger partial charge in [-0.25, -0.2) is 4.68 Å². The lowest BCUT2D eigenvalue weighted by Gasteiger charge is -2.44. The zero-order valence-electron chi connectivity index (χ0n) is 20.2. The molecular weight excluding hydrogens is 494 g/mol. The Kier molecular flexibility index (Phi) is 9.42. The van der Waals surface area contributed by atoms with Crippen molar-refractivity contribution < 1.29 is 42.9 Å². The molecule has 0 amide bonds. The Balaban J connectivity index is 1.85. The van der Waals surface area contributed by atoms with Gasteiger partial charge in [0.25, 0.3) is 0 Å². The van der Waals surface area contributed by atoms with Crippen LogP contribution < -0.4 is 0 Å². The van der Waals surface area contributed by atoms with Crippen LogP contribution >= 0.6 is 11.8 Å². The van der Waals surface area contributed by atoms with Gasteiger partial charge in [0, 0.05) is 33.4 Å². The number of carbonyl (C=O) groups excluding carboxylic acids is 4. The third-order valence-corrected chi connectivity index (χ3v) is 6.08. The lowest BCUT2D eigenvalue weighted by Crippen LogP contribution is -2.61. The fourth-order valence-electron chi connectivity index (χ4n) is 3.56. The fraction of sp³-hybridized carbons (Fsp3) is 0.478. The summed E-state index contributed by atoms with van der Waals surface area (Å²) in [6.45, 7) is 4.49. The van der Waals surface area contributed by atoms with Crippen molar-refractivity contribution in [3.05, 3.63) is 42.2 Å². The van der Waals surface area contributed by atoms with Gasteiger partial charge in [-0.05, 0) is 12.1 Å². The molecule has 1 saturated heterocycles. The molecule has 0 bridgehead atoms. The third-order valence-electron chi connectivity index (χ3n) is 4.91. The lowest BCUT2D eigenvalue weighted by molar-refractivity contribution is -0.237. The quantitative estimate of drug-likeness (QED) is 0.349. The van der Waals surface area contributed by atoms with E-state index in [1.807, 2.05) is 30.3 Å². The van der Waals surface area contributed by atoms with Crippen molar-refractivity contribution >= 4 is 35.6 Å². The molecular formula is C23H27N3O9S. The van der Waals surface area contributed by atoms with Gasteiger partial charge in [0.05, 0.1) is 17.6 Å². The van der Waals surface area contributed by atoms with Crippen LogP contribution in [0.15, 0.2) is 36.5 Å². The van der Waals surface area contributed by atoms with Gasteiger partial charge in [0.1, 0.15) is 18.1 Å². The van der Waals surface area contributed by atoms with Crippen LogP contribution in [0.3, 0.4) is 0 Å². The summed E-state index contributed by atoms with van der Waals surface area (Å²) < 4.78 is 29.0. The van der Waals surface area contributed by atoms with Crippen LogP contribution in [0.2, 0.25) is 0 Å². The molecule has 0 saturated carbocycles. The second-order valence-corrected chi connectivity index (χ2v) is 8.96. The van der Waals surface area contributed by atoms with Crippen LogP contribution in [-0.2, 0) is 48.6 Å². The Morgan fingerprint density at radius 1 is 0.889 bits per heavy atom. The molecule has 12 nitrogen and oxygen atoms in total. The highest BCUT2D eigenvalue weighted by molar-refractivity contribution is 7.99. The normalized spacial score (nSPS) is 23.4. The van der Waals surface area contributed by atoms with Crippen molar-refractivity contribution in [2.24, 2.45) is 0 Å². The van der Waals surface area contributed by atoms with Gasteiger partial charge in [-0.2, -0.15) is 0 Å². The smallest absolute Gasteiger partial charge is 0.303 e. The predicted molar refractivity (Wildman–Crippen MR) is 125 cm³/mol. The molecule has 1 aliphatic heterocycles. The summed E-state index contributed by atoms with van der Waals surface area (Å²) in [5.74, 6) is -2.30.